The minimum Gasteiger partial charge on any atom is -0.493 e. The lowest BCUT2D eigenvalue weighted by atomic mass is 9.68. The summed E-state index contributed by atoms with van der Waals surface area (Å²) in [6, 6.07) is 14.3. The molecule has 1 N–H and O–H groups in total. The van der Waals surface area contributed by atoms with Gasteiger partial charge in [-0.05, 0) is 29.7 Å². The van der Waals surface area contributed by atoms with Crippen molar-refractivity contribution in [3.05, 3.63) is 76.6 Å². The summed E-state index contributed by atoms with van der Waals surface area (Å²) in [6.45, 7) is 1.59. The van der Waals surface area contributed by atoms with Crippen LogP contribution in [0.4, 0.5) is 0 Å². The number of rotatable bonds is 6. The number of methoxy groups -OCH3 is 3. The molecule has 1 fully saturated rings. The molecule has 0 spiro atoms. The maximum absolute atomic E-state index is 12.9. The van der Waals surface area contributed by atoms with Gasteiger partial charge in [0.2, 0.25) is 5.75 Å². The fraction of sp³-hybridized carbons (Fsp3) is 0.308. The molecule has 0 bridgehead atoms. The van der Waals surface area contributed by atoms with E-state index in [-0.39, 0.29) is 5.91 Å². The van der Waals surface area contributed by atoms with Crippen molar-refractivity contribution in [1.82, 2.24) is 15.1 Å². The SMILES string of the molecule is COc1cc(C2(c3ccccc3)C=Cc3c(C(=O)N4CCC4)n[nH]c3C2)cc(OC)c1OC. The molecule has 7 nitrogen and oxygen atoms in total. The third-order valence-electron chi connectivity index (χ3n) is 6.69. The number of benzene rings is 2. The topological polar surface area (TPSA) is 76.7 Å². The molecule has 2 heterocycles. The average Bonchev–Trinajstić information content (AvgIpc) is 3.25. The van der Waals surface area contributed by atoms with E-state index in [0.29, 0.717) is 29.4 Å². The molecular weight excluding hydrogens is 418 g/mol. The van der Waals surface area contributed by atoms with E-state index in [4.69, 9.17) is 14.2 Å². The Morgan fingerprint density at radius 2 is 1.70 bits per heavy atom. The number of nitrogens with one attached hydrogen (secondary N) is 1. The van der Waals surface area contributed by atoms with E-state index in [1.54, 1.807) is 21.3 Å². The Bertz CT molecular complexity index is 1190. The predicted octanol–water partition coefficient (Wildman–Crippen LogP) is 3.84. The third kappa shape index (κ3) is 3.35. The molecule has 1 aliphatic carbocycles. The molecule has 7 heteroatoms. The molecular formula is C26H27N3O4. The molecule has 3 aromatic rings. The minimum absolute atomic E-state index is 0.0107. The summed E-state index contributed by atoms with van der Waals surface area (Å²) >= 11 is 0. The molecule has 1 aliphatic heterocycles. The molecule has 1 atom stereocenters. The number of ether oxygens (including phenoxy) is 3. The van der Waals surface area contributed by atoms with E-state index in [2.05, 4.69) is 28.4 Å². The van der Waals surface area contributed by atoms with Gasteiger partial charge < -0.3 is 19.1 Å². The van der Waals surface area contributed by atoms with Crippen LogP contribution in [0.25, 0.3) is 6.08 Å². The summed E-state index contributed by atoms with van der Waals surface area (Å²) in [6.07, 6.45) is 5.84. The van der Waals surface area contributed by atoms with E-state index in [1.165, 1.54) is 0 Å². The van der Waals surface area contributed by atoms with Gasteiger partial charge in [0.15, 0.2) is 17.2 Å². The highest BCUT2D eigenvalue weighted by atomic mass is 16.5. The lowest BCUT2D eigenvalue weighted by Crippen LogP contribution is -2.42. The van der Waals surface area contributed by atoms with E-state index < -0.39 is 5.41 Å². The fourth-order valence-electron chi connectivity index (χ4n) is 4.73. The van der Waals surface area contributed by atoms with Gasteiger partial charge in [-0.2, -0.15) is 5.10 Å². The molecule has 5 rings (SSSR count). The number of hydrogen-bond acceptors (Lipinski definition) is 5. The lowest BCUT2D eigenvalue weighted by molar-refractivity contribution is 0.0645. The smallest absolute Gasteiger partial charge is 0.274 e. The molecule has 170 valence electrons. The first-order valence-electron chi connectivity index (χ1n) is 11.0. The van der Waals surface area contributed by atoms with Crippen molar-refractivity contribution in [2.75, 3.05) is 34.4 Å². The number of allylic oxidation sites excluding steroid dienone is 1. The zero-order valence-electron chi connectivity index (χ0n) is 19.1. The zero-order chi connectivity index (χ0) is 23.0. The Hall–Kier alpha value is -3.74. The van der Waals surface area contributed by atoms with Gasteiger partial charge in [0, 0.05) is 36.2 Å². The first-order valence-corrected chi connectivity index (χ1v) is 11.0. The highest BCUT2D eigenvalue weighted by molar-refractivity contribution is 5.97. The second-order valence-corrected chi connectivity index (χ2v) is 8.37. The Labute approximate surface area is 193 Å². The van der Waals surface area contributed by atoms with Gasteiger partial charge in [-0.25, -0.2) is 0 Å². The number of likely N-dealkylation sites (tertiary alicyclic amines) is 1. The number of H-pyrrole nitrogens is 1. The zero-order valence-corrected chi connectivity index (χ0v) is 19.1. The number of nitrogens with zero attached hydrogens (tertiary/aromatic N) is 2. The summed E-state index contributed by atoms with van der Waals surface area (Å²) < 4.78 is 16.8. The monoisotopic (exact) mass is 445 g/mol. The molecule has 1 unspecified atom stereocenters. The van der Waals surface area contributed by atoms with Crippen LogP contribution >= 0.6 is 0 Å². The van der Waals surface area contributed by atoms with E-state index in [1.807, 2.05) is 41.3 Å². The second kappa shape index (κ2) is 8.31. The maximum atomic E-state index is 12.9. The van der Waals surface area contributed by atoms with Crippen molar-refractivity contribution in [2.45, 2.75) is 18.3 Å². The van der Waals surface area contributed by atoms with Crippen molar-refractivity contribution in [2.24, 2.45) is 0 Å². The first kappa shape index (κ1) is 21.1. The number of aromatic nitrogens is 2. The summed E-state index contributed by atoms with van der Waals surface area (Å²) in [4.78, 5) is 14.7. The third-order valence-corrected chi connectivity index (χ3v) is 6.69. The molecule has 1 aromatic heterocycles. The normalized spacial score (nSPS) is 18.9. The largest absolute Gasteiger partial charge is 0.493 e. The first-order chi connectivity index (χ1) is 16.1. The van der Waals surface area contributed by atoms with Gasteiger partial charge in [-0.15, -0.1) is 0 Å². The van der Waals surface area contributed by atoms with Crippen molar-refractivity contribution in [1.29, 1.82) is 0 Å². The van der Waals surface area contributed by atoms with Gasteiger partial charge in [0.1, 0.15) is 0 Å². The highest BCUT2D eigenvalue weighted by Crippen LogP contribution is 2.47. The quantitative estimate of drug-likeness (QED) is 0.624. The Kier molecular flexibility index (Phi) is 5.32. The molecule has 2 aliphatic rings. The Morgan fingerprint density at radius 1 is 1.00 bits per heavy atom. The van der Waals surface area contributed by atoms with Crippen LogP contribution in [0.3, 0.4) is 0 Å². The summed E-state index contributed by atoms with van der Waals surface area (Å²) in [7, 11) is 4.84. The molecule has 33 heavy (non-hydrogen) atoms. The molecule has 1 amide bonds. The van der Waals surface area contributed by atoms with E-state index >= 15 is 0 Å². The number of fused-ring (bicyclic) bond motifs is 1. The van der Waals surface area contributed by atoms with Gasteiger partial charge >= 0.3 is 0 Å². The average molecular weight is 446 g/mol. The Balaban J connectivity index is 1.65. The number of hydrogen-bond donors (Lipinski definition) is 1. The summed E-state index contributed by atoms with van der Waals surface area (Å²) in [5.74, 6) is 1.74. The number of aromatic amines is 1. The molecule has 2 aromatic carbocycles. The number of amides is 1. The second-order valence-electron chi connectivity index (χ2n) is 8.37. The maximum Gasteiger partial charge on any atom is 0.274 e. The number of carbonyl (C=O) groups excluding carboxylic acids is 1. The van der Waals surface area contributed by atoms with Gasteiger partial charge in [-0.1, -0.05) is 42.5 Å². The van der Waals surface area contributed by atoms with Crippen LogP contribution in [0.5, 0.6) is 17.2 Å². The van der Waals surface area contributed by atoms with Crippen molar-refractivity contribution in [3.8, 4) is 17.2 Å². The molecule has 0 radical (unpaired) electrons. The van der Waals surface area contributed by atoms with Crippen molar-refractivity contribution in [3.63, 3.8) is 0 Å². The van der Waals surface area contributed by atoms with Gasteiger partial charge in [-0.3, -0.25) is 9.89 Å². The fourth-order valence-corrected chi connectivity index (χ4v) is 4.73. The van der Waals surface area contributed by atoms with Crippen LogP contribution in [-0.2, 0) is 11.8 Å². The van der Waals surface area contributed by atoms with Crippen LogP contribution in [-0.4, -0.2) is 55.4 Å². The summed E-state index contributed by atoms with van der Waals surface area (Å²) in [5, 5.41) is 7.56. The predicted molar refractivity (Wildman–Crippen MR) is 125 cm³/mol. The van der Waals surface area contributed by atoms with Crippen molar-refractivity contribution >= 4 is 12.0 Å². The van der Waals surface area contributed by atoms with Crippen LogP contribution in [0.1, 0.15) is 39.3 Å². The van der Waals surface area contributed by atoms with Crippen LogP contribution in [0, 0.1) is 0 Å². The summed E-state index contributed by atoms with van der Waals surface area (Å²) in [5.41, 5.74) is 3.89. The standard InChI is InChI=1S/C26H27N3O4/c1-31-21-14-18(15-22(32-2)24(21)33-3)26(17-8-5-4-6-9-17)11-10-19-20(16-26)27-28-23(19)25(30)29-12-7-13-29/h4-6,8-11,14-15H,7,12-13,16H2,1-3H3,(H,27,28). The van der Waals surface area contributed by atoms with E-state index in [0.717, 1.165) is 41.9 Å². The van der Waals surface area contributed by atoms with Gasteiger partial charge in [0.05, 0.1) is 21.3 Å². The minimum atomic E-state index is -0.509. The highest BCUT2D eigenvalue weighted by Gasteiger charge is 2.39. The Morgan fingerprint density at radius 3 is 2.27 bits per heavy atom. The van der Waals surface area contributed by atoms with E-state index in [9.17, 15) is 4.79 Å². The van der Waals surface area contributed by atoms with Gasteiger partial charge in [0.25, 0.3) is 5.91 Å². The van der Waals surface area contributed by atoms with Crippen LogP contribution in [0.2, 0.25) is 0 Å². The molecule has 1 saturated heterocycles. The lowest BCUT2D eigenvalue weighted by Gasteiger charge is -2.35. The van der Waals surface area contributed by atoms with Crippen LogP contribution < -0.4 is 14.2 Å². The molecule has 0 saturated carbocycles. The van der Waals surface area contributed by atoms with Crippen molar-refractivity contribution < 1.29 is 19.0 Å². The number of carbonyl (C=O) groups is 1. The van der Waals surface area contributed by atoms with Crippen LogP contribution in [0.15, 0.2) is 48.5 Å².